The molecule has 1 aromatic carbocycles. The van der Waals surface area contributed by atoms with Gasteiger partial charge in [-0.25, -0.2) is 23.1 Å². The Labute approximate surface area is 252 Å². The lowest BCUT2D eigenvalue weighted by Gasteiger charge is -2.41. The highest BCUT2D eigenvalue weighted by molar-refractivity contribution is 7.99. The SMILES string of the molecule is C=C1C(C2CCSCC2)=Cc2c3nc(C)nc2N1CCCCCCCN1CC(C1)CC(F)(F)c1cccc(c1F)CN3. The maximum Gasteiger partial charge on any atom is 0.276 e. The van der Waals surface area contributed by atoms with E-state index in [1.54, 1.807) is 6.07 Å². The van der Waals surface area contributed by atoms with Crippen molar-refractivity contribution in [2.24, 2.45) is 11.8 Å². The molecule has 2 aromatic rings. The van der Waals surface area contributed by atoms with Crippen LogP contribution in [0.1, 0.15) is 73.9 Å². The van der Waals surface area contributed by atoms with E-state index in [9.17, 15) is 0 Å². The quantitative estimate of drug-likeness (QED) is 0.362. The van der Waals surface area contributed by atoms with E-state index in [0.717, 1.165) is 86.6 Å². The molecule has 0 unspecified atom stereocenters. The fraction of sp³-hybridized carbons (Fsp3) is 0.576. The van der Waals surface area contributed by atoms with Gasteiger partial charge < -0.3 is 15.1 Å². The molecular formula is C33H42F3N5S. The van der Waals surface area contributed by atoms with E-state index in [1.165, 1.54) is 17.7 Å². The van der Waals surface area contributed by atoms with Crippen LogP contribution in [0.15, 0.2) is 36.0 Å². The number of aromatic nitrogens is 2. The molecule has 8 bridgehead atoms. The second kappa shape index (κ2) is 12.6. The maximum atomic E-state index is 15.6. The smallest absolute Gasteiger partial charge is 0.276 e. The minimum Gasteiger partial charge on any atom is -0.365 e. The second-order valence-corrected chi connectivity index (χ2v) is 13.6. The Morgan fingerprint density at radius 3 is 2.55 bits per heavy atom. The van der Waals surface area contributed by atoms with Gasteiger partial charge in [0.15, 0.2) is 0 Å². The van der Waals surface area contributed by atoms with Gasteiger partial charge in [0.1, 0.15) is 23.3 Å². The van der Waals surface area contributed by atoms with Crippen molar-refractivity contribution in [2.75, 3.05) is 47.9 Å². The molecule has 0 aliphatic carbocycles. The van der Waals surface area contributed by atoms with Gasteiger partial charge in [0.25, 0.3) is 5.92 Å². The Hall–Kier alpha value is -2.52. The van der Waals surface area contributed by atoms with Crippen molar-refractivity contribution in [1.29, 1.82) is 0 Å². The Bertz CT molecular complexity index is 1330. The number of nitrogens with zero attached hydrogens (tertiary/aromatic N) is 4. The zero-order chi connectivity index (χ0) is 29.3. The molecule has 5 aliphatic heterocycles. The molecule has 0 radical (unpaired) electrons. The van der Waals surface area contributed by atoms with Crippen LogP contribution >= 0.6 is 11.8 Å². The van der Waals surface area contributed by atoms with Crippen molar-refractivity contribution in [3.8, 4) is 0 Å². The predicted molar refractivity (Wildman–Crippen MR) is 167 cm³/mol. The van der Waals surface area contributed by atoms with E-state index >= 15 is 13.2 Å². The third kappa shape index (κ3) is 6.23. The van der Waals surface area contributed by atoms with Crippen LogP contribution in [0.5, 0.6) is 0 Å². The van der Waals surface area contributed by atoms with Gasteiger partial charge in [-0.3, -0.25) is 0 Å². The molecular weight excluding hydrogens is 555 g/mol. The Balaban J connectivity index is 1.35. The molecule has 1 N–H and O–H groups in total. The number of nitrogens with one attached hydrogen (secondary N) is 1. The number of anilines is 2. The third-order valence-corrected chi connectivity index (χ3v) is 10.3. The molecule has 42 heavy (non-hydrogen) atoms. The number of alkyl halides is 2. The van der Waals surface area contributed by atoms with E-state index in [2.05, 4.69) is 27.8 Å². The number of fused-ring (bicyclic) bond motifs is 8. The summed E-state index contributed by atoms with van der Waals surface area (Å²) < 4.78 is 46.4. The van der Waals surface area contributed by atoms with Gasteiger partial charge in [0.05, 0.1) is 11.1 Å². The Morgan fingerprint density at radius 1 is 1.02 bits per heavy atom. The summed E-state index contributed by atoms with van der Waals surface area (Å²) in [6, 6.07) is 4.36. The molecule has 5 aliphatic rings. The fourth-order valence-corrected chi connectivity index (χ4v) is 8.05. The van der Waals surface area contributed by atoms with Gasteiger partial charge in [-0.05, 0) is 74.1 Å². The highest BCUT2D eigenvalue weighted by Crippen LogP contribution is 2.43. The lowest BCUT2D eigenvalue weighted by Crippen LogP contribution is -2.48. The monoisotopic (exact) mass is 597 g/mol. The maximum absolute atomic E-state index is 15.6. The van der Waals surface area contributed by atoms with Crippen molar-refractivity contribution >= 4 is 29.5 Å². The van der Waals surface area contributed by atoms with Crippen molar-refractivity contribution in [1.82, 2.24) is 14.9 Å². The zero-order valence-corrected chi connectivity index (χ0v) is 25.4. The molecule has 6 heterocycles. The summed E-state index contributed by atoms with van der Waals surface area (Å²) in [5, 5.41) is 3.31. The van der Waals surface area contributed by atoms with Gasteiger partial charge >= 0.3 is 0 Å². The number of hydrogen-bond acceptors (Lipinski definition) is 6. The van der Waals surface area contributed by atoms with Gasteiger partial charge in [0, 0.05) is 43.9 Å². The number of aryl methyl sites for hydroxylation is 1. The summed E-state index contributed by atoms with van der Waals surface area (Å²) in [5.74, 6) is 0.581. The first-order chi connectivity index (χ1) is 20.3. The van der Waals surface area contributed by atoms with Crippen LogP contribution in [0.3, 0.4) is 0 Å². The molecule has 9 heteroatoms. The summed E-state index contributed by atoms with van der Waals surface area (Å²) in [7, 11) is 0. The normalized spacial score (nSPS) is 25.5. The van der Waals surface area contributed by atoms with Crippen molar-refractivity contribution in [2.45, 2.75) is 70.8 Å². The molecule has 2 fully saturated rings. The molecule has 226 valence electrons. The summed E-state index contributed by atoms with van der Waals surface area (Å²) >= 11 is 2.00. The van der Waals surface area contributed by atoms with Gasteiger partial charge in [-0.1, -0.05) is 44.0 Å². The van der Waals surface area contributed by atoms with E-state index in [1.807, 2.05) is 18.7 Å². The lowest BCUT2D eigenvalue weighted by atomic mass is 9.87. The first-order valence-electron chi connectivity index (χ1n) is 15.6. The van der Waals surface area contributed by atoms with E-state index in [0.29, 0.717) is 30.6 Å². The molecule has 0 atom stereocenters. The number of thioether (sulfide) groups is 1. The van der Waals surface area contributed by atoms with Crippen LogP contribution in [0.2, 0.25) is 0 Å². The summed E-state index contributed by atoms with van der Waals surface area (Å²) in [5.41, 5.74) is 2.84. The van der Waals surface area contributed by atoms with Crippen molar-refractivity contribution in [3.63, 3.8) is 0 Å². The van der Waals surface area contributed by atoms with E-state index < -0.39 is 17.3 Å². The number of hydrogen-bond donors (Lipinski definition) is 1. The van der Waals surface area contributed by atoms with Crippen molar-refractivity contribution < 1.29 is 13.2 Å². The van der Waals surface area contributed by atoms with Gasteiger partial charge in [-0.15, -0.1) is 0 Å². The molecule has 1 aromatic heterocycles. The molecule has 2 saturated heterocycles. The highest BCUT2D eigenvalue weighted by Gasteiger charge is 2.41. The molecule has 0 saturated carbocycles. The van der Waals surface area contributed by atoms with Crippen LogP contribution in [0.4, 0.5) is 24.8 Å². The average Bonchev–Trinajstić information content (AvgIpc) is 2.95. The number of allylic oxidation sites excluding steroid dienone is 1. The van der Waals surface area contributed by atoms with E-state index in [4.69, 9.17) is 9.97 Å². The van der Waals surface area contributed by atoms with Gasteiger partial charge in [-0.2, -0.15) is 11.8 Å². The molecule has 0 amide bonds. The van der Waals surface area contributed by atoms with Crippen LogP contribution in [-0.2, 0) is 12.5 Å². The standard InChI is InChI=1S/C33H42F3N5S/c1-22-27(25-11-15-42-16-12-25)17-28-31-37-19-26-9-8-10-29(30(26)34)33(35,36)18-24-20-40(21-24)13-6-4-3-5-7-14-41(22)32(28)39-23(2)38-31/h8-10,17,24-25H,1,3-7,11-16,18-21H2,2H3,(H,37,38,39). The minimum atomic E-state index is -3.21. The largest absolute Gasteiger partial charge is 0.365 e. The van der Waals surface area contributed by atoms with Gasteiger partial charge in [0.2, 0.25) is 0 Å². The predicted octanol–water partition coefficient (Wildman–Crippen LogP) is 7.77. The first kappa shape index (κ1) is 29.5. The number of benzene rings is 1. The van der Waals surface area contributed by atoms with E-state index in [-0.39, 0.29) is 24.4 Å². The summed E-state index contributed by atoms with van der Waals surface area (Å²) in [6.07, 6.45) is 9.59. The third-order valence-electron chi connectivity index (χ3n) is 9.27. The zero-order valence-electron chi connectivity index (χ0n) is 24.6. The van der Waals surface area contributed by atoms with Crippen LogP contribution in [0, 0.1) is 24.6 Å². The number of rotatable bonds is 1. The fourth-order valence-electron chi connectivity index (χ4n) is 6.94. The average molecular weight is 598 g/mol. The Morgan fingerprint density at radius 2 is 1.76 bits per heavy atom. The van der Waals surface area contributed by atoms with Crippen LogP contribution in [0.25, 0.3) is 6.08 Å². The molecule has 5 nitrogen and oxygen atoms in total. The summed E-state index contributed by atoms with van der Waals surface area (Å²) in [4.78, 5) is 14.1. The number of halogens is 3. The van der Waals surface area contributed by atoms with Crippen molar-refractivity contribution in [3.05, 3.63) is 64.4 Å². The van der Waals surface area contributed by atoms with Crippen LogP contribution < -0.4 is 10.2 Å². The second-order valence-electron chi connectivity index (χ2n) is 12.4. The van der Waals surface area contributed by atoms with Crippen LogP contribution in [-0.4, -0.2) is 52.6 Å². The Kier molecular flexibility index (Phi) is 8.87. The first-order valence-corrected chi connectivity index (χ1v) is 16.7. The summed E-state index contributed by atoms with van der Waals surface area (Å²) in [6.45, 7) is 9.58. The molecule has 7 rings (SSSR count). The highest BCUT2D eigenvalue weighted by atomic mass is 32.2. The topological polar surface area (TPSA) is 44.3 Å². The lowest BCUT2D eigenvalue weighted by molar-refractivity contribution is -0.0592. The molecule has 0 spiro atoms. The minimum absolute atomic E-state index is 0.0556.